The maximum absolute atomic E-state index is 7.68. The molecule has 1 rings (SSSR count). The van der Waals surface area contributed by atoms with Gasteiger partial charge < -0.3 is 13.3 Å². The Bertz CT molecular complexity index is 983. The molecule has 0 bridgehead atoms. The molecule has 0 amide bonds. The minimum absolute atomic E-state index is 0.217. The quantitative estimate of drug-likeness (QED) is 0.177. The summed E-state index contributed by atoms with van der Waals surface area (Å²) in [4.78, 5) is 0. The van der Waals surface area contributed by atoms with Crippen LogP contribution in [-0.4, -0.2) is 56.9 Å². The van der Waals surface area contributed by atoms with Crippen molar-refractivity contribution in [2.75, 3.05) is 0 Å². The van der Waals surface area contributed by atoms with E-state index in [0.29, 0.717) is 6.32 Å². The molecule has 0 aliphatic carbocycles. The number of hydrogen-bond donors (Lipinski definition) is 0. The highest BCUT2D eigenvalue weighted by Gasteiger charge is 2.62. The minimum Gasteiger partial charge on any atom is -0.415 e. The molecule has 4 unspecified atom stereocenters. The van der Waals surface area contributed by atoms with Gasteiger partial charge in [-0.25, -0.2) is 0 Å². The van der Waals surface area contributed by atoms with Gasteiger partial charge in [0.05, 0.1) is 18.7 Å². The number of hydrogen-bond acceptors (Lipinski definition) is 3. The molecule has 220 valence electrons. The molecule has 0 aliphatic heterocycles. The Hall–Kier alpha value is -0.488. The molecule has 0 heterocycles. The highest BCUT2D eigenvalue weighted by Crippen LogP contribution is 2.55. The zero-order chi connectivity index (χ0) is 30.8. The predicted octanol–water partition coefficient (Wildman–Crippen LogP) is 8.63. The van der Waals surface area contributed by atoms with Gasteiger partial charge in [0.25, 0.3) is 8.32 Å². The Morgan fingerprint density at radius 2 is 1.26 bits per heavy atom. The summed E-state index contributed by atoms with van der Waals surface area (Å²) in [5, 5.41) is 0.186. The second-order valence-electron chi connectivity index (χ2n) is 14.2. The molecule has 0 fully saturated rings. The van der Waals surface area contributed by atoms with Crippen LogP contribution in [0.15, 0.2) is 54.9 Å². The Morgan fingerprint density at radius 3 is 1.64 bits per heavy atom. The number of rotatable bonds is 16. The van der Waals surface area contributed by atoms with Crippen LogP contribution in [0.2, 0.25) is 57.2 Å². The fourth-order valence-corrected chi connectivity index (χ4v) is 19.2. The Morgan fingerprint density at radius 1 is 0.744 bits per heavy atom. The lowest BCUT2D eigenvalue weighted by Crippen LogP contribution is -2.72. The van der Waals surface area contributed by atoms with Crippen molar-refractivity contribution in [3.05, 3.63) is 54.9 Å². The van der Waals surface area contributed by atoms with Crippen LogP contribution in [0.4, 0.5) is 0 Å². The fraction of sp³-hybridized carbons (Fsp3) is 0.677. The molecule has 0 saturated heterocycles. The molecule has 8 heteroatoms. The minimum atomic E-state index is -2.76. The van der Waals surface area contributed by atoms with Crippen LogP contribution in [0.25, 0.3) is 0 Å². The van der Waals surface area contributed by atoms with Gasteiger partial charge in [-0.05, 0) is 78.5 Å². The van der Waals surface area contributed by atoms with Gasteiger partial charge in [-0.3, -0.25) is 0 Å². The van der Waals surface area contributed by atoms with E-state index < -0.39 is 49.1 Å². The molecule has 3 nitrogen and oxygen atoms in total. The molecule has 0 spiro atoms. The van der Waals surface area contributed by atoms with Crippen molar-refractivity contribution in [2.24, 2.45) is 0 Å². The van der Waals surface area contributed by atoms with Crippen LogP contribution in [-0.2, 0) is 13.3 Å². The first-order valence-corrected chi connectivity index (χ1v) is 26.0. The average molecular weight is 603 g/mol. The number of benzene rings is 1. The standard InChI is InChI=1S/C31H59BO3Si4/c1-17-29(7,38(14,15)35-31(9,26-32)36(10,11)19-3)28(5,6)33-39(16,27-24-22-21-23-25-27)30(8,18-2)34-37(12,13)20-4/h19-25H,3-4,17-18,26H2,1-2,5-16H3. The van der Waals surface area contributed by atoms with Crippen molar-refractivity contribution in [2.45, 2.75) is 135 Å². The van der Waals surface area contributed by atoms with Gasteiger partial charge in [-0.2, -0.15) is 0 Å². The first-order valence-electron chi connectivity index (χ1n) is 14.7. The van der Waals surface area contributed by atoms with Gasteiger partial charge in [-0.1, -0.05) is 81.9 Å². The molecule has 0 aromatic heterocycles. The summed E-state index contributed by atoms with van der Waals surface area (Å²) >= 11 is 0. The van der Waals surface area contributed by atoms with Crippen LogP contribution >= 0.6 is 0 Å². The predicted molar refractivity (Wildman–Crippen MR) is 184 cm³/mol. The highest BCUT2D eigenvalue weighted by molar-refractivity contribution is 6.89. The van der Waals surface area contributed by atoms with E-state index >= 15 is 0 Å². The second kappa shape index (κ2) is 12.4. The van der Waals surface area contributed by atoms with E-state index in [0.717, 1.165) is 12.8 Å². The molecular weight excluding hydrogens is 543 g/mol. The fourth-order valence-electron chi connectivity index (χ4n) is 5.88. The zero-order valence-corrected chi connectivity index (χ0v) is 31.9. The SMILES string of the molecule is [B]CC(C)(O[Si](C)(C)C(C)(CC)C(C)(C)O[Si](C)(c1ccccc1)C(C)(CC)O[Si](C)(C)C=C)[Si](C)(C)C=C. The van der Waals surface area contributed by atoms with Crippen molar-refractivity contribution in [1.29, 1.82) is 0 Å². The summed E-state index contributed by atoms with van der Waals surface area (Å²) in [6.07, 6.45) is 2.27. The van der Waals surface area contributed by atoms with Gasteiger partial charge in [0.2, 0.25) is 8.32 Å². The summed E-state index contributed by atoms with van der Waals surface area (Å²) in [5.74, 6) is 0. The van der Waals surface area contributed by atoms with Crippen molar-refractivity contribution in [3.63, 3.8) is 0 Å². The summed E-state index contributed by atoms with van der Waals surface area (Å²) in [6.45, 7) is 40.3. The van der Waals surface area contributed by atoms with Crippen molar-refractivity contribution in [1.82, 2.24) is 0 Å². The Balaban J connectivity index is 3.81. The van der Waals surface area contributed by atoms with Gasteiger partial charge in [0.15, 0.2) is 8.32 Å². The van der Waals surface area contributed by atoms with Gasteiger partial charge in [0, 0.05) is 10.3 Å². The lowest BCUT2D eigenvalue weighted by atomic mass is 9.89. The highest BCUT2D eigenvalue weighted by atomic mass is 28.4. The van der Waals surface area contributed by atoms with Crippen LogP contribution in [0.1, 0.15) is 61.3 Å². The largest absolute Gasteiger partial charge is 0.415 e. The summed E-state index contributed by atoms with van der Waals surface area (Å²) in [6, 6.07) is 10.8. The normalized spacial score (nSPS) is 19.7. The van der Waals surface area contributed by atoms with Crippen LogP contribution in [0.5, 0.6) is 0 Å². The third-order valence-corrected chi connectivity index (χ3v) is 26.4. The van der Waals surface area contributed by atoms with Crippen LogP contribution in [0, 0.1) is 0 Å². The molecule has 1 aromatic rings. The zero-order valence-electron chi connectivity index (χ0n) is 27.9. The molecule has 0 saturated carbocycles. The van der Waals surface area contributed by atoms with E-state index in [9.17, 15) is 0 Å². The van der Waals surface area contributed by atoms with E-state index in [2.05, 4.69) is 143 Å². The van der Waals surface area contributed by atoms with E-state index in [1.165, 1.54) is 5.19 Å². The molecule has 0 N–H and O–H groups in total. The maximum atomic E-state index is 7.68. The molecule has 4 atom stereocenters. The third kappa shape index (κ3) is 6.95. The van der Waals surface area contributed by atoms with Gasteiger partial charge >= 0.3 is 0 Å². The van der Waals surface area contributed by atoms with Gasteiger partial charge in [0.1, 0.15) is 8.07 Å². The van der Waals surface area contributed by atoms with Crippen molar-refractivity contribution in [3.8, 4) is 0 Å². The average Bonchev–Trinajstić information content (AvgIpc) is 2.87. The van der Waals surface area contributed by atoms with Gasteiger partial charge in [-0.15, -0.1) is 13.2 Å². The Labute approximate surface area is 248 Å². The summed E-state index contributed by atoms with van der Waals surface area (Å²) < 4.78 is 22.1. The molecular formula is C31H59BO3Si4. The molecule has 0 aliphatic rings. The molecule has 2 radical (unpaired) electrons. The lowest BCUT2D eigenvalue weighted by molar-refractivity contribution is 0.00825. The summed E-state index contributed by atoms with van der Waals surface area (Å²) in [7, 11) is -2.85. The maximum Gasteiger partial charge on any atom is 0.251 e. The Kier molecular flexibility index (Phi) is 11.6. The van der Waals surface area contributed by atoms with Crippen LogP contribution < -0.4 is 5.19 Å². The van der Waals surface area contributed by atoms with E-state index in [-0.39, 0.29) is 5.04 Å². The lowest BCUT2D eigenvalue weighted by Gasteiger charge is -2.59. The molecule has 1 aromatic carbocycles. The van der Waals surface area contributed by atoms with Crippen LogP contribution in [0.3, 0.4) is 0 Å². The topological polar surface area (TPSA) is 27.7 Å². The van der Waals surface area contributed by atoms with E-state index in [1.54, 1.807) is 0 Å². The van der Waals surface area contributed by atoms with E-state index in [4.69, 9.17) is 21.1 Å². The second-order valence-corrected chi connectivity index (χ2v) is 31.1. The van der Waals surface area contributed by atoms with Crippen molar-refractivity contribution < 1.29 is 13.3 Å². The third-order valence-electron chi connectivity index (χ3n) is 10.6. The monoisotopic (exact) mass is 602 g/mol. The van der Waals surface area contributed by atoms with E-state index in [1.807, 2.05) is 5.70 Å². The smallest absolute Gasteiger partial charge is 0.251 e. The molecule has 39 heavy (non-hydrogen) atoms. The first-order chi connectivity index (χ1) is 17.5. The summed E-state index contributed by atoms with van der Waals surface area (Å²) in [5.41, 5.74) is 3.65. The first kappa shape index (κ1) is 36.5. The van der Waals surface area contributed by atoms with Crippen molar-refractivity contribution >= 4 is 46.1 Å².